The first-order valence-electron chi connectivity index (χ1n) is 6.17. The van der Waals surface area contributed by atoms with Gasteiger partial charge >= 0.3 is 14.8 Å². The highest BCUT2D eigenvalue weighted by atomic mass is 28.4. The SMILES string of the molecule is CO[Si](CCC(=O)OC1C=CCCC1)(OC)OC. The van der Waals surface area contributed by atoms with Crippen molar-refractivity contribution in [1.82, 2.24) is 0 Å². The van der Waals surface area contributed by atoms with Crippen LogP contribution in [0.15, 0.2) is 12.2 Å². The van der Waals surface area contributed by atoms with Crippen LogP contribution in [-0.2, 0) is 22.8 Å². The molecule has 1 rings (SSSR count). The fourth-order valence-electron chi connectivity index (χ4n) is 1.92. The summed E-state index contributed by atoms with van der Waals surface area (Å²) in [5, 5.41) is 0. The number of rotatable bonds is 7. The molecule has 6 heteroatoms. The van der Waals surface area contributed by atoms with Crippen LogP contribution in [0.4, 0.5) is 0 Å². The molecule has 1 aliphatic carbocycles. The molecule has 0 aromatic rings. The maximum Gasteiger partial charge on any atom is 0.500 e. The van der Waals surface area contributed by atoms with Gasteiger partial charge in [-0.1, -0.05) is 6.08 Å². The Kier molecular flexibility index (Phi) is 6.55. The average molecular weight is 274 g/mol. The molecule has 104 valence electrons. The van der Waals surface area contributed by atoms with Gasteiger partial charge in [-0.15, -0.1) is 0 Å². The fraction of sp³-hybridized carbons (Fsp3) is 0.750. The average Bonchev–Trinajstić information content (AvgIpc) is 2.42. The van der Waals surface area contributed by atoms with Crippen LogP contribution >= 0.6 is 0 Å². The van der Waals surface area contributed by atoms with E-state index in [-0.39, 0.29) is 18.5 Å². The van der Waals surface area contributed by atoms with E-state index in [0.717, 1.165) is 19.3 Å². The Morgan fingerprint density at radius 2 is 1.94 bits per heavy atom. The Labute approximate surface area is 109 Å². The standard InChI is InChI=1S/C12H22O5Si/c1-14-18(15-2,16-3)10-9-12(13)17-11-7-5-4-6-8-11/h5,7,11H,4,6,8-10H2,1-3H3. The lowest BCUT2D eigenvalue weighted by Gasteiger charge is -2.24. The molecular weight excluding hydrogens is 252 g/mol. The third kappa shape index (κ3) is 4.53. The number of allylic oxidation sites excluding steroid dienone is 1. The van der Waals surface area contributed by atoms with Gasteiger partial charge in [-0.05, 0) is 25.3 Å². The van der Waals surface area contributed by atoms with Gasteiger partial charge in [0.15, 0.2) is 0 Å². The topological polar surface area (TPSA) is 54.0 Å². The number of carbonyl (C=O) groups is 1. The van der Waals surface area contributed by atoms with Crippen LogP contribution in [0.1, 0.15) is 25.7 Å². The van der Waals surface area contributed by atoms with Crippen LogP contribution in [-0.4, -0.2) is 42.2 Å². The molecule has 0 aliphatic heterocycles. The van der Waals surface area contributed by atoms with E-state index >= 15 is 0 Å². The third-order valence-electron chi connectivity index (χ3n) is 3.06. The molecule has 0 radical (unpaired) electrons. The molecule has 0 fully saturated rings. The Morgan fingerprint density at radius 1 is 1.28 bits per heavy atom. The van der Waals surface area contributed by atoms with Crippen molar-refractivity contribution in [3.8, 4) is 0 Å². The molecule has 0 saturated heterocycles. The minimum atomic E-state index is -2.66. The number of hydrogen-bond acceptors (Lipinski definition) is 5. The summed E-state index contributed by atoms with van der Waals surface area (Å²) >= 11 is 0. The molecule has 0 aromatic heterocycles. The summed E-state index contributed by atoms with van der Waals surface area (Å²) in [5.41, 5.74) is 0. The Balaban J connectivity index is 2.35. The lowest BCUT2D eigenvalue weighted by molar-refractivity contribution is -0.147. The van der Waals surface area contributed by atoms with Crippen molar-refractivity contribution >= 4 is 14.8 Å². The first-order chi connectivity index (χ1) is 8.65. The van der Waals surface area contributed by atoms with Crippen molar-refractivity contribution in [2.75, 3.05) is 21.3 Å². The van der Waals surface area contributed by atoms with Crippen LogP contribution in [0.25, 0.3) is 0 Å². The van der Waals surface area contributed by atoms with E-state index in [9.17, 15) is 4.79 Å². The van der Waals surface area contributed by atoms with Gasteiger partial charge in [0.1, 0.15) is 6.10 Å². The van der Waals surface area contributed by atoms with Crippen LogP contribution in [0, 0.1) is 0 Å². The number of esters is 1. The largest absolute Gasteiger partial charge is 0.500 e. The normalized spacial score (nSPS) is 19.8. The highest BCUT2D eigenvalue weighted by Gasteiger charge is 2.38. The van der Waals surface area contributed by atoms with E-state index < -0.39 is 8.80 Å². The van der Waals surface area contributed by atoms with E-state index in [1.807, 2.05) is 6.08 Å². The van der Waals surface area contributed by atoms with Crippen molar-refractivity contribution in [3.05, 3.63) is 12.2 Å². The highest BCUT2D eigenvalue weighted by molar-refractivity contribution is 6.60. The lowest BCUT2D eigenvalue weighted by atomic mass is 10.1. The zero-order valence-corrected chi connectivity index (χ0v) is 12.3. The molecule has 18 heavy (non-hydrogen) atoms. The minimum Gasteiger partial charge on any atom is -0.458 e. The van der Waals surface area contributed by atoms with Crippen LogP contribution in [0.2, 0.25) is 6.04 Å². The van der Waals surface area contributed by atoms with Gasteiger partial charge in [-0.25, -0.2) is 0 Å². The van der Waals surface area contributed by atoms with Crippen molar-refractivity contribution in [3.63, 3.8) is 0 Å². The van der Waals surface area contributed by atoms with E-state index in [2.05, 4.69) is 6.08 Å². The van der Waals surface area contributed by atoms with Gasteiger partial charge in [0.05, 0.1) is 0 Å². The number of ether oxygens (including phenoxy) is 1. The molecule has 1 unspecified atom stereocenters. The molecule has 0 heterocycles. The fourth-order valence-corrected chi connectivity index (χ4v) is 3.54. The molecular formula is C12H22O5Si. The Bertz CT molecular complexity index is 280. The van der Waals surface area contributed by atoms with Gasteiger partial charge in [0.2, 0.25) is 0 Å². The zero-order valence-electron chi connectivity index (χ0n) is 11.3. The quantitative estimate of drug-likeness (QED) is 0.403. The molecule has 0 bridgehead atoms. The molecule has 0 aromatic carbocycles. The summed E-state index contributed by atoms with van der Waals surface area (Å²) in [6.07, 6.45) is 7.24. The van der Waals surface area contributed by atoms with E-state index in [4.69, 9.17) is 18.0 Å². The van der Waals surface area contributed by atoms with Gasteiger partial charge < -0.3 is 18.0 Å². The third-order valence-corrected chi connectivity index (χ3v) is 5.79. The van der Waals surface area contributed by atoms with E-state index in [1.165, 1.54) is 21.3 Å². The maximum absolute atomic E-state index is 11.7. The first kappa shape index (κ1) is 15.4. The van der Waals surface area contributed by atoms with Gasteiger partial charge in [-0.2, -0.15) is 0 Å². The summed E-state index contributed by atoms with van der Waals surface area (Å²) in [5.74, 6) is -0.227. The van der Waals surface area contributed by atoms with Crippen LogP contribution in [0.5, 0.6) is 0 Å². The summed E-state index contributed by atoms with van der Waals surface area (Å²) in [4.78, 5) is 11.7. The number of hydrogen-bond donors (Lipinski definition) is 0. The Morgan fingerprint density at radius 3 is 2.44 bits per heavy atom. The lowest BCUT2D eigenvalue weighted by Crippen LogP contribution is -2.43. The first-order valence-corrected chi connectivity index (χ1v) is 8.10. The highest BCUT2D eigenvalue weighted by Crippen LogP contribution is 2.18. The monoisotopic (exact) mass is 274 g/mol. The Hall–Kier alpha value is -0.693. The predicted molar refractivity (Wildman–Crippen MR) is 69.1 cm³/mol. The second kappa shape index (κ2) is 7.68. The van der Waals surface area contributed by atoms with E-state index in [0.29, 0.717) is 6.04 Å². The van der Waals surface area contributed by atoms with Gasteiger partial charge in [0, 0.05) is 33.8 Å². The molecule has 1 aliphatic rings. The van der Waals surface area contributed by atoms with E-state index in [1.54, 1.807) is 0 Å². The van der Waals surface area contributed by atoms with Gasteiger partial charge in [-0.3, -0.25) is 4.79 Å². The van der Waals surface area contributed by atoms with Crippen molar-refractivity contribution in [1.29, 1.82) is 0 Å². The molecule has 0 N–H and O–H groups in total. The van der Waals surface area contributed by atoms with Crippen LogP contribution in [0.3, 0.4) is 0 Å². The smallest absolute Gasteiger partial charge is 0.458 e. The van der Waals surface area contributed by atoms with Crippen molar-refractivity contribution in [2.24, 2.45) is 0 Å². The van der Waals surface area contributed by atoms with Crippen molar-refractivity contribution in [2.45, 2.75) is 37.8 Å². The zero-order chi connectivity index (χ0) is 13.4. The second-order valence-corrected chi connectivity index (χ2v) is 7.27. The summed E-state index contributed by atoms with van der Waals surface area (Å²) in [6.45, 7) is 0. The molecule has 0 spiro atoms. The predicted octanol–water partition coefficient (Wildman–Crippen LogP) is 1.91. The van der Waals surface area contributed by atoms with Crippen molar-refractivity contribution < 1.29 is 22.8 Å². The summed E-state index contributed by atoms with van der Waals surface area (Å²) in [6, 6.07) is 0.436. The molecule has 5 nitrogen and oxygen atoms in total. The number of carbonyl (C=O) groups excluding carboxylic acids is 1. The summed E-state index contributed by atoms with van der Waals surface area (Å²) < 4.78 is 21.1. The van der Waals surface area contributed by atoms with Gasteiger partial charge in [0.25, 0.3) is 0 Å². The molecule has 1 atom stereocenters. The second-order valence-electron chi connectivity index (χ2n) is 4.18. The minimum absolute atomic E-state index is 0.0741. The molecule has 0 amide bonds. The maximum atomic E-state index is 11.7. The summed E-state index contributed by atoms with van der Waals surface area (Å²) in [7, 11) is 1.94. The van der Waals surface area contributed by atoms with Crippen LogP contribution < -0.4 is 0 Å². The molecule has 0 saturated carbocycles.